The van der Waals surface area contributed by atoms with Crippen molar-refractivity contribution in [1.82, 2.24) is 19.6 Å². The van der Waals surface area contributed by atoms with Crippen LogP contribution in [0, 0.1) is 6.92 Å². The first-order valence-electron chi connectivity index (χ1n) is 9.04. The quantitative estimate of drug-likeness (QED) is 0.688. The van der Waals surface area contributed by atoms with E-state index in [1.54, 1.807) is 32.0 Å². The lowest BCUT2D eigenvalue weighted by atomic mass is 10.1. The van der Waals surface area contributed by atoms with E-state index in [1.165, 1.54) is 9.80 Å². The molecule has 0 atom stereocenters. The number of hydrogen-bond donors (Lipinski definition) is 0. The zero-order valence-corrected chi connectivity index (χ0v) is 16.6. The first kappa shape index (κ1) is 19.4. The Kier molecular flexibility index (Phi) is 5.59. The summed E-state index contributed by atoms with van der Waals surface area (Å²) in [5.74, 6) is -0.379. The second kappa shape index (κ2) is 8.08. The highest BCUT2D eigenvalue weighted by Gasteiger charge is 2.23. The molecule has 3 aromatic rings. The second-order valence-electron chi connectivity index (χ2n) is 6.99. The van der Waals surface area contributed by atoms with Gasteiger partial charge in [0.2, 0.25) is 5.91 Å². The van der Waals surface area contributed by atoms with Gasteiger partial charge in [-0.3, -0.25) is 9.59 Å². The van der Waals surface area contributed by atoms with Gasteiger partial charge in [-0.2, -0.15) is 5.10 Å². The summed E-state index contributed by atoms with van der Waals surface area (Å²) in [5, 5.41) is 4.67. The largest absolute Gasteiger partial charge is 0.347 e. The Morgan fingerprint density at radius 3 is 2.21 bits per heavy atom. The summed E-state index contributed by atoms with van der Waals surface area (Å²) in [6, 6.07) is 17.5. The van der Waals surface area contributed by atoms with Crippen molar-refractivity contribution in [2.24, 2.45) is 0 Å². The Hall–Kier alpha value is -3.41. The van der Waals surface area contributed by atoms with Crippen LogP contribution >= 0.6 is 0 Å². The van der Waals surface area contributed by atoms with Gasteiger partial charge in [-0.15, -0.1) is 0 Å². The highest BCUT2D eigenvalue weighted by molar-refractivity contribution is 6.01. The Balaban J connectivity index is 2.02. The van der Waals surface area contributed by atoms with E-state index < -0.39 is 0 Å². The smallest absolute Gasteiger partial charge is 0.257 e. The molecule has 0 fully saturated rings. The maximum atomic E-state index is 13.1. The fourth-order valence-corrected chi connectivity index (χ4v) is 2.79. The van der Waals surface area contributed by atoms with Crippen molar-refractivity contribution >= 4 is 11.8 Å². The Morgan fingerprint density at radius 2 is 1.61 bits per heavy atom. The van der Waals surface area contributed by atoms with Gasteiger partial charge in [0.05, 0.1) is 17.8 Å². The van der Waals surface area contributed by atoms with Crippen molar-refractivity contribution < 1.29 is 9.59 Å². The van der Waals surface area contributed by atoms with Crippen LogP contribution in [-0.4, -0.2) is 59.1 Å². The molecule has 6 nitrogen and oxygen atoms in total. The van der Waals surface area contributed by atoms with Crippen molar-refractivity contribution in [1.29, 1.82) is 0 Å². The molecule has 0 spiro atoms. The number of rotatable bonds is 5. The first-order valence-corrected chi connectivity index (χ1v) is 9.04. The third-order valence-corrected chi connectivity index (χ3v) is 4.51. The van der Waals surface area contributed by atoms with E-state index in [1.807, 2.05) is 61.5 Å². The monoisotopic (exact) mass is 376 g/mol. The number of aryl methyl sites for hydroxylation is 1. The van der Waals surface area contributed by atoms with Crippen LogP contribution in [0.1, 0.15) is 15.9 Å². The van der Waals surface area contributed by atoms with Crippen LogP contribution in [0.4, 0.5) is 0 Å². The predicted octanol–water partition coefficient (Wildman–Crippen LogP) is 3.01. The lowest BCUT2D eigenvalue weighted by Gasteiger charge is -2.19. The molecule has 28 heavy (non-hydrogen) atoms. The van der Waals surface area contributed by atoms with Crippen LogP contribution in [0.2, 0.25) is 0 Å². The van der Waals surface area contributed by atoms with E-state index in [-0.39, 0.29) is 18.4 Å². The van der Waals surface area contributed by atoms with E-state index in [4.69, 9.17) is 0 Å². The molecule has 0 aliphatic carbocycles. The summed E-state index contributed by atoms with van der Waals surface area (Å²) in [5.41, 5.74) is 3.91. The molecule has 0 N–H and O–H groups in total. The lowest BCUT2D eigenvalue weighted by Crippen LogP contribution is -2.37. The summed E-state index contributed by atoms with van der Waals surface area (Å²) in [6.07, 6.45) is 1.73. The highest BCUT2D eigenvalue weighted by atomic mass is 16.2. The SMILES string of the molecule is Cc1ccc(-c2nn(-c3ccccc3)cc2C(=O)N(C)CC(=O)N(C)C)cc1. The number of carbonyl (C=O) groups is 2. The lowest BCUT2D eigenvalue weighted by molar-refractivity contribution is -0.129. The van der Waals surface area contributed by atoms with Gasteiger partial charge in [0.15, 0.2) is 0 Å². The number of amides is 2. The molecule has 2 amide bonds. The molecule has 0 saturated carbocycles. The van der Waals surface area contributed by atoms with Crippen molar-refractivity contribution in [3.05, 3.63) is 71.9 Å². The molecular formula is C22H24N4O2. The molecule has 3 rings (SSSR count). The third-order valence-electron chi connectivity index (χ3n) is 4.51. The first-order chi connectivity index (χ1) is 13.4. The van der Waals surface area contributed by atoms with Crippen LogP contribution in [0.25, 0.3) is 16.9 Å². The minimum absolute atomic E-state index is 0.00961. The molecule has 2 aromatic carbocycles. The van der Waals surface area contributed by atoms with Gasteiger partial charge in [-0.1, -0.05) is 48.0 Å². The summed E-state index contributed by atoms with van der Waals surface area (Å²) in [4.78, 5) is 28.0. The van der Waals surface area contributed by atoms with Crippen molar-refractivity contribution in [3.8, 4) is 16.9 Å². The van der Waals surface area contributed by atoms with Gasteiger partial charge in [-0.05, 0) is 19.1 Å². The van der Waals surface area contributed by atoms with Gasteiger partial charge in [-0.25, -0.2) is 4.68 Å². The maximum Gasteiger partial charge on any atom is 0.257 e. The third kappa shape index (κ3) is 4.11. The van der Waals surface area contributed by atoms with Crippen LogP contribution < -0.4 is 0 Å². The van der Waals surface area contributed by atoms with Crippen molar-refractivity contribution in [3.63, 3.8) is 0 Å². The molecule has 0 saturated heterocycles. The van der Waals surface area contributed by atoms with E-state index in [0.717, 1.165) is 16.8 Å². The summed E-state index contributed by atoms with van der Waals surface area (Å²) in [7, 11) is 4.97. The minimum Gasteiger partial charge on any atom is -0.347 e. The number of aromatic nitrogens is 2. The number of likely N-dealkylation sites (N-methyl/N-ethyl adjacent to an activating group) is 2. The molecule has 0 bridgehead atoms. The average Bonchev–Trinajstić information content (AvgIpc) is 3.13. The molecule has 0 aliphatic rings. The molecule has 1 heterocycles. The second-order valence-corrected chi connectivity index (χ2v) is 6.99. The standard InChI is InChI=1S/C22H24N4O2/c1-16-10-12-17(13-11-16)21-19(22(28)25(4)15-20(27)24(2)3)14-26(23-21)18-8-6-5-7-9-18/h5-14H,15H2,1-4H3. The summed E-state index contributed by atoms with van der Waals surface area (Å²) in [6.45, 7) is 2.02. The van der Waals surface area contributed by atoms with Gasteiger partial charge >= 0.3 is 0 Å². The molecule has 0 aliphatic heterocycles. The average molecular weight is 376 g/mol. The Morgan fingerprint density at radius 1 is 0.964 bits per heavy atom. The van der Waals surface area contributed by atoms with E-state index in [9.17, 15) is 9.59 Å². The maximum absolute atomic E-state index is 13.1. The number of para-hydroxylation sites is 1. The fourth-order valence-electron chi connectivity index (χ4n) is 2.79. The molecule has 0 radical (unpaired) electrons. The molecule has 0 unspecified atom stereocenters. The normalized spacial score (nSPS) is 10.6. The molecule has 1 aromatic heterocycles. The van der Waals surface area contributed by atoms with Crippen LogP contribution in [0.3, 0.4) is 0 Å². The fraction of sp³-hybridized carbons (Fsp3) is 0.227. The van der Waals surface area contributed by atoms with Gasteiger partial charge in [0.1, 0.15) is 5.69 Å². The summed E-state index contributed by atoms with van der Waals surface area (Å²) < 4.78 is 1.70. The zero-order chi connectivity index (χ0) is 20.3. The Bertz CT molecular complexity index is 976. The predicted molar refractivity (Wildman–Crippen MR) is 109 cm³/mol. The number of hydrogen-bond acceptors (Lipinski definition) is 3. The summed E-state index contributed by atoms with van der Waals surface area (Å²) >= 11 is 0. The van der Waals surface area contributed by atoms with Crippen molar-refractivity contribution in [2.75, 3.05) is 27.7 Å². The van der Waals surface area contributed by atoms with E-state index in [0.29, 0.717) is 11.3 Å². The van der Waals surface area contributed by atoms with E-state index in [2.05, 4.69) is 5.10 Å². The topological polar surface area (TPSA) is 58.4 Å². The van der Waals surface area contributed by atoms with Crippen molar-refractivity contribution in [2.45, 2.75) is 6.92 Å². The minimum atomic E-state index is -0.243. The highest BCUT2D eigenvalue weighted by Crippen LogP contribution is 2.25. The van der Waals surface area contributed by atoms with Crippen LogP contribution in [-0.2, 0) is 4.79 Å². The zero-order valence-electron chi connectivity index (χ0n) is 16.6. The molecule has 6 heteroatoms. The van der Waals surface area contributed by atoms with E-state index >= 15 is 0 Å². The molecule has 144 valence electrons. The Labute approximate surface area is 165 Å². The van der Waals surface area contributed by atoms with Gasteiger partial charge < -0.3 is 9.80 Å². The number of carbonyl (C=O) groups excluding carboxylic acids is 2. The number of benzene rings is 2. The van der Waals surface area contributed by atoms with Crippen LogP contribution in [0.15, 0.2) is 60.8 Å². The van der Waals surface area contributed by atoms with Gasteiger partial charge in [0, 0.05) is 32.9 Å². The van der Waals surface area contributed by atoms with Gasteiger partial charge in [0.25, 0.3) is 5.91 Å². The van der Waals surface area contributed by atoms with Crippen LogP contribution in [0.5, 0.6) is 0 Å². The number of nitrogens with zero attached hydrogens (tertiary/aromatic N) is 4. The molecular weight excluding hydrogens is 352 g/mol.